The minimum Gasteiger partial charge on any atom is -0.353 e. The molecule has 0 saturated heterocycles. The highest BCUT2D eigenvalue weighted by atomic mass is 35.5. The Morgan fingerprint density at radius 1 is 1.10 bits per heavy atom. The van der Waals surface area contributed by atoms with Gasteiger partial charge in [-0.05, 0) is 43.6 Å². The lowest BCUT2D eigenvalue weighted by Gasteiger charge is -2.40. The fourth-order valence-electron chi connectivity index (χ4n) is 3.40. The fraction of sp³-hybridized carbons (Fsp3) is 0.941. The molecule has 0 heterocycles. The van der Waals surface area contributed by atoms with Crippen LogP contribution in [0.2, 0.25) is 0 Å². The van der Waals surface area contributed by atoms with E-state index in [-0.39, 0.29) is 18.3 Å². The van der Waals surface area contributed by atoms with Crippen LogP contribution in [0.4, 0.5) is 0 Å². The molecule has 1 aliphatic carbocycles. The summed E-state index contributed by atoms with van der Waals surface area (Å²) in [6.07, 6.45) is 10.0. The number of nitrogens with two attached hydrogens (primary N) is 1. The number of carbonyl (C=O) groups is 1. The van der Waals surface area contributed by atoms with E-state index >= 15 is 0 Å². The molecule has 0 bridgehead atoms. The van der Waals surface area contributed by atoms with Crippen LogP contribution in [0.1, 0.15) is 78.6 Å². The topological polar surface area (TPSA) is 55.1 Å². The SMILES string of the molecule is CC(C)(C)C1CCCCC1NC(=O)CCCCCCN.Cl. The number of nitrogens with one attached hydrogen (secondary N) is 1. The van der Waals surface area contributed by atoms with Crippen LogP contribution in [-0.2, 0) is 4.79 Å². The third-order valence-corrected chi connectivity index (χ3v) is 4.58. The third-order valence-electron chi connectivity index (χ3n) is 4.58. The molecule has 1 saturated carbocycles. The first kappa shape index (κ1) is 20.7. The van der Waals surface area contributed by atoms with Gasteiger partial charge in [0, 0.05) is 12.5 Å². The Bertz CT molecular complexity index is 289. The second kappa shape index (κ2) is 10.4. The van der Waals surface area contributed by atoms with Crippen molar-refractivity contribution >= 4 is 18.3 Å². The summed E-state index contributed by atoms with van der Waals surface area (Å²) in [6.45, 7) is 7.67. The second-order valence-corrected chi connectivity index (χ2v) is 7.38. The van der Waals surface area contributed by atoms with Crippen LogP contribution >= 0.6 is 12.4 Å². The van der Waals surface area contributed by atoms with Crippen LogP contribution in [0.3, 0.4) is 0 Å². The van der Waals surface area contributed by atoms with Crippen LogP contribution in [0.15, 0.2) is 0 Å². The van der Waals surface area contributed by atoms with Gasteiger partial charge in [0.15, 0.2) is 0 Å². The summed E-state index contributed by atoms with van der Waals surface area (Å²) in [5.41, 5.74) is 5.76. The Hall–Kier alpha value is -0.280. The van der Waals surface area contributed by atoms with Crippen molar-refractivity contribution in [2.24, 2.45) is 17.1 Å². The summed E-state index contributed by atoms with van der Waals surface area (Å²) in [6, 6.07) is 0.389. The fourth-order valence-corrected chi connectivity index (χ4v) is 3.40. The normalized spacial score (nSPS) is 22.5. The van der Waals surface area contributed by atoms with Gasteiger partial charge in [0.2, 0.25) is 5.91 Å². The number of hydrogen-bond donors (Lipinski definition) is 2. The van der Waals surface area contributed by atoms with Crippen molar-refractivity contribution < 1.29 is 4.79 Å². The molecule has 1 rings (SSSR count). The minimum absolute atomic E-state index is 0. The van der Waals surface area contributed by atoms with Crippen molar-refractivity contribution in [3.05, 3.63) is 0 Å². The van der Waals surface area contributed by atoms with Crippen molar-refractivity contribution in [2.45, 2.75) is 84.6 Å². The highest BCUT2D eigenvalue weighted by Gasteiger charge is 2.34. The van der Waals surface area contributed by atoms with Gasteiger partial charge in [-0.3, -0.25) is 4.79 Å². The van der Waals surface area contributed by atoms with Gasteiger partial charge in [-0.15, -0.1) is 12.4 Å². The Morgan fingerprint density at radius 2 is 1.71 bits per heavy atom. The second-order valence-electron chi connectivity index (χ2n) is 7.38. The predicted octanol–water partition coefficient (Wildman–Crippen LogP) is 4.04. The van der Waals surface area contributed by atoms with Gasteiger partial charge < -0.3 is 11.1 Å². The lowest BCUT2D eigenvalue weighted by molar-refractivity contribution is -0.122. The molecule has 126 valence electrons. The maximum atomic E-state index is 12.1. The number of halogens is 1. The van der Waals surface area contributed by atoms with Gasteiger partial charge in [0.1, 0.15) is 0 Å². The van der Waals surface area contributed by atoms with Crippen LogP contribution in [0.5, 0.6) is 0 Å². The molecule has 0 aromatic rings. The molecular formula is C17H35ClN2O. The molecule has 2 unspecified atom stereocenters. The quantitative estimate of drug-likeness (QED) is 0.696. The number of amides is 1. The van der Waals surface area contributed by atoms with E-state index in [2.05, 4.69) is 26.1 Å². The number of carbonyl (C=O) groups excluding carboxylic acids is 1. The van der Waals surface area contributed by atoms with Gasteiger partial charge in [0.25, 0.3) is 0 Å². The van der Waals surface area contributed by atoms with E-state index in [4.69, 9.17) is 5.73 Å². The number of rotatable bonds is 7. The van der Waals surface area contributed by atoms with E-state index in [0.29, 0.717) is 23.8 Å². The van der Waals surface area contributed by atoms with Gasteiger partial charge in [-0.1, -0.05) is 46.5 Å². The monoisotopic (exact) mass is 318 g/mol. The minimum atomic E-state index is 0. The molecule has 1 amide bonds. The Kier molecular flexibility index (Phi) is 10.3. The first-order valence-electron chi connectivity index (χ1n) is 8.44. The maximum absolute atomic E-state index is 12.1. The molecule has 21 heavy (non-hydrogen) atoms. The van der Waals surface area contributed by atoms with Crippen LogP contribution < -0.4 is 11.1 Å². The van der Waals surface area contributed by atoms with Crippen LogP contribution in [-0.4, -0.2) is 18.5 Å². The number of hydrogen-bond acceptors (Lipinski definition) is 2. The van der Waals surface area contributed by atoms with Gasteiger partial charge in [0.05, 0.1) is 0 Å². The predicted molar refractivity (Wildman–Crippen MR) is 92.7 cm³/mol. The summed E-state index contributed by atoms with van der Waals surface area (Å²) in [7, 11) is 0. The molecular weight excluding hydrogens is 284 g/mol. The molecule has 4 heteroatoms. The summed E-state index contributed by atoms with van der Waals surface area (Å²) in [4.78, 5) is 12.1. The van der Waals surface area contributed by atoms with Gasteiger partial charge in [-0.25, -0.2) is 0 Å². The van der Waals surface area contributed by atoms with Crippen molar-refractivity contribution in [3.63, 3.8) is 0 Å². The molecule has 0 aliphatic heterocycles. The van der Waals surface area contributed by atoms with E-state index in [0.717, 1.165) is 38.6 Å². The van der Waals surface area contributed by atoms with Gasteiger partial charge >= 0.3 is 0 Å². The van der Waals surface area contributed by atoms with Crippen LogP contribution in [0, 0.1) is 11.3 Å². The summed E-state index contributed by atoms with van der Waals surface area (Å²) in [5, 5.41) is 3.30. The molecule has 0 spiro atoms. The average molecular weight is 319 g/mol. The third kappa shape index (κ3) is 8.06. The smallest absolute Gasteiger partial charge is 0.220 e. The summed E-state index contributed by atoms with van der Waals surface area (Å²) in [5.74, 6) is 0.872. The molecule has 2 atom stereocenters. The van der Waals surface area contributed by atoms with E-state index in [9.17, 15) is 4.79 Å². The average Bonchev–Trinajstić information content (AvgIpc) is 2.38. The Morgan fingerprint density at radius 3 is 2.33 bits per heavy atom. The van der Waals surface area contributed by atoms with E-state index in [1.807, 2.05) is 0 Å². The van der Waals surface area contributed by atoms with E-state index in [1.54, 1.807) is 0 Å². The molecule has 3 N–H and O–H groups in total. The Labute approximate surface area is 137 Å². The summed E-state index contributed by atoms with van der Waals surface area (Å²) < 4.78 is 0. The Balaban J connectivity index is 0.00000400. The lowest BCUT2D eigenvalue weighted by Crippen LogP contribution is -2.46. The van der Waals surface area contributed by atoms with Crippen LogP contribution in [0.25, 0.3) is 0 Å². The largest absolute Gasteiger partial charge is 0.353 e. The zero-order valence-electron chi connectivity index (χ0n) is 14.1. The van der Waals surface area contributed by atoms with Gasteiger partial charge in [-0.2, -0.15) is 0 Å². The number of unbranched alkanes of at least 4 members (excludes halogenated alkanes) is 3. The highest BCUT2D eigenvalue weighted by Crippen LogP contribution is 2.38. The van der Waals surface area contributed by atoms with Crippen molar-refractivity contribution in [2.75, 3.05) is 6.54 Å². The zero-order valence-corrected chi connectivity index (χ0v) is 14.9. The highest BCUT2D eigenvalue weighted by molar-refractivity contribution is 5.85. The van der Waals surface area contributed by atoms with E-state index < -0.39 is 0 Å². The first-order chi connectivity index (χ1) is 9.45. The summed E-state index contributed by atoms with van der Waals surface area (Å²) >= 11 is 0. The molecule has 0 aromatic heterocycles. The molecule has 3 nitrogen and oxygen atoms in total. The maximum Gasteiger partial charge on any atom is 0.220 e. The van der Waals surface area contributed by atoms with Crippen molar-refractivity contribution in [3.8, 4) is 0 Å². The molecule has 1 aliphatic rings. The standard InChI is InChI=1S/C17H34N2O.ClH/c1-17(2,3)14-10-7-8-11-15(14)19-16(20)12-6-4-5-9-13-18;/h14-15H,4-13,18H2,1-3H3,(H,19,20);1H. The lowest BCUT2D eigenvalue weighted by atomic mass is 9.69. The molecule has 0 aromatic carbocycles. The van der Waals surface area contributed by atoms with E-state index in [1.165, 1.54) is 19.3 Å². The molecule has 0 radical (unpaired) electrons. The van der Waals surface area contributed by atoms with Crippen molar-refractivity contribution in [1.82, 2.24) is 5.32 Å². The first-order valence-corrected chi connectivity index (χ1v) is 8.44. The van der Waals surface area contributed by atoms with Crippen molar-refractivity contribution in [1.29, 1.82) is 0 Å². The zero-order chi connectivity index (χ0) is 15.0. The molecule has 1 fully saturated rings.